The number of aromatic amines is 1. The first-order valence-electron chi connectivity index (χ1n) is 12.8. The van der Waals surface area contributed by atoms with Crippen LogP contribution < -0.4 is 15.1 Å². The quantitative estimate of drug-likeness (QED) is 0.297. The van der Waals surface area contributed by atoms with Gasteiger partial charge in [0.1, 0.15) is 17.4 Å². The van der Waals surface area contributed by atoms with Gasteiger partial charge >= 0.3 is 5.69 Å². The summed E-state index contributed by atoms with van der Waals surface area (Å²) in [5, 5.41) is 9.88. The summed E-state index contributed by atoms with van der Waals surface area (Å²) in [7, 11) is -4.05. The van der Waals surface area contributed by atoms with Crippen molar-refractivity contribution < 1.29 is 18.3 Å². The second kappa shape index (κ2) is 10.7. The van der Waals surface area contributed by atoms with Gasteiger partial charge in [-0.2, -0.15) is 0 Å². The number of H-pyrrole nitrogens is 1. The molecule has 3 N–H and O–H groups in total. The number of rotatable bonds is 9. The van der Waals surface area contributed by atoms with E-state index in [1.807, 2.05) is 13.0 Å². The van der Waals surface area contributed by atoms with Gasteiger partial charge in [-0.1, -0.05) is 43.2 Å². The second-order valence-corrected chi connectivity index (χ2v) is 11.1. The van der Waals surface area contributed by atoms with E-state index in [-0.39, 0.29) is 16.6 Å². The molecule has 0 aliphatic heterocycles. The highest BCUT2D eigenvalue weighted by atomic mass is 32.2. The molecule has 2 aromatic heterocycles. The summed E-state index contributed by atoms with van der Waals surface area (Å²) in [6, 6.07) is 12.4. The molecule has 0 radical (unpaired) electrons. The molecule has 1 aliphatic rings. The predicted octanol–water partition coefficient (Wildman–Crippen LogP) is 3.46. The highest BCUT2D eigenvalue weighted by molar-refractivity contribution is 7.89. The molecule has 1 unspecified atom stereocenters. The van der Waals surface area contributed by atoms with Crippen LogP contribution in [0.3, 0.4) is 0 Å². The zero-order valence-corrected chi connectivity index (χ0v) is 22.2. The molecule has 1 fully saturated rings. The summed E-state index contributed by atoms with van der Waals surface area (Å²) < 4.78 is 36.6. The number of sulfonamides is 1. The van der Waals surface area contributed by atoms with Gasteiger partial charge in [-0.15, -0.1) is 0 Å². The lowest BCUT2D eigenvalue weighted by molar-refractivity contribution is 0.259. The van der Waals surface area contributed by atoms with E-state index in [9.17, 15) is 18.3 Å². The van der Waals surface area contributed by atoms with E-state index < -0.39 is 28.4 Å². The van der Waals surface area contributed by atoms with Crippen molar-refractivity contribution in [3.05, 3.63) is 76.1 Å². The number of ether oxygens (including phenoxy) is 1. The van der Waals surface area contributed by atoms with Crippen LogP contribution in [0.2, 0.25) is 0 Å². The van der Waals surface area contributed by atoms with Crippen LogP contribution in [0, 0.1) is 6.92 Å². The smallest absolute Gasteiger partial charge is 0.334 e. The lowest BCUT2D eigenvalue weighted by Crippen LogP contribution is -2.31. The Balaban J connectivity index is 1.60. The molecule has 1 aliphatic carbocycles. The van der Waals surface area contributed by atoms with Crippen molar-refractivity contribution in [3.63, 3.8) is 0 Å². The van der Waals surface area contributed by atoms with Crippen molar-refractivity contribution >= 4 is 15.7 Å². The molecule has 2 heterocycles. The molecule has 5 rings (SSSR count). The van der Waals surface area contributed by atoms with Crippen molar-refractivity contribution in [2.24, 2.45) is 0 Å². The molecule has 0 spiro atoms. The van der Waals surface area contributed by atoms with E-state index in [1.165, 1.54) is 16.5 Å². The minimum Gasteiger partial charge on any atom is -0.493 e. The Bertz CT molecular complexity index is 1610. The third-order valence-corrected chi connectivity index (χ3v) is 8.40. The fraction of sp³-hybridized carbons (Fsp3) is 0.370. The minimum absolute atomic E-state index is 0.0476. The van der Waals surface area contributed by atoms with E-state index in [0.717, 1.165) is 31.4 Å². The summed E-state index contributed by atoms with van der Waals surface area (Å²) in [6.45, 7) is 3.52. The highest BCUT2D eigenvalue weighted by Crippen LogP contribution is 2.36. The average Bonchev–Trinajstić information content (AvgIpc) is 3.56. The number of benzene rings is 2. The zero-order valence-electron chi connectivity index (χ0n) is 21.3. The van der Waals surface area contributed by atoms with Crippen LogP contribution in [-0.2, 0) is 10.0 Å². The number of aliphatic hydroxyl groups is 1. The fourth-order valence-electron chi connectivity index (χ4n) is 5.08. The number of imidazole rings is 1. The number of aryl methyl sites for hydroxylation is 1. The van der Waals surface area contributed by atoms with Gasteiger partial charge < -0.3 is 9.84 Å². The van der Waals surface area contributed by atoms with Crippen LogP contribution in [-0.4, -0.2) is 46.1 Å². The largest absolute Gasteiger partial charge is 0.493 e. The minimum atomic E-state index is -4.05. The summed E-state index contributed by atoms with van der Waals surface area (Å²) in [4.78, 5) is 25.3. The highest BCUT2D eigenvalue weighted by Gasteiger charge is 2.27. The maximum atomic E-state index is 13.4. The normalized spacial score (nSPS) is 15.2. The lowest BCUT2D eigenvalue weighted by atomic mass is 10.0. The monoisotopic (exact) mass is 537 g/mol. The van der Waals surface area contributed by atoms with Crippen LogP contribution in [0.4, 0.5) is 0 Å². The molecule has 1 atom stereocenters. The molecule has 1 saturated carbocycles. The van der Waals surface area contributed by atoms with Crippen molar-refractivity contribution in [2.45, 2.75) is 56.4 Å². The van der Waals surface area contributed by atoms with Gasteiger partial charge in [0, 0.05) is 5.92 Å². The molecule has 4 aromatic rings. The average molecular weight is 538 g/mol. The number of fused-ring (bicyclic) bond motifs is 1. The fourth-order valence-corrected chi connectivity index (χ4v) is 6.32. The van der Waals surface area contributed by atoms with E-state index >= 15 is 0 Å². The number of aliphatic hydroxyl groups excluding tert-OH is 1. The van der Waals surface area contributed by atoms with Crippen LogP contribution in [0.15, 0.2) is 58.2 Å². The third kappa shape index (κ3) is 4.96. The van der Waals surface area contributed by atoms with Crippen molar-refractivity contribution in [2.75, 3.05) is 13.2 Å². The molecule has 11 heteroatoms. The Labute approximate surface area is 220 Å². The lowest BCUT2D eigenvalue weighted by Gasteiger charge is -2.18. The van der Waals surface area contributed by atoms with Crippen molar-refractivity contribution in [3.8, 4) is 17.1 Å². The van der Waals surface area contributed by atoms with Gasteiger partial charge in [-0.3, -0.25) is 4.98 Å². The molecule has 38 heavy (non-hydrogen) atoms. The molecule has 200 valence electrons. The Kier molecular flexibility index (Phi) is 7.33. The Morgan fingerprint density at radius 2 is 1.89 bits per heavy atom. The summed E-state index contributed by atoms with van der Waals surface area (Å²) in [5.74, 6) is 1.38. The standard InChI is InChI=1S/C27H31N5O5S/c1-3-37-23-14-13-20(38(35,36)31-22(16-33)18-9-5-4-6-10-18)15-21(23)25-29-26-24(19-11-7-8-12-19)28-17(2)32(26)27(34)30-25/h4-6,9-10,13-15,19,22,31,33H,3,7-8,11-12,16H2,1-2H3,(H,29,30,34). The number of hydrogen-bond acceptors (Lipinski definition) is 7. The van der Waals surface area contributed by atoms with E-state index in [0.29, 0.717) is 35.0 Å². The maximum absolute atomic E-state index is 13.4. The predicted molar refractivity (Wildman–Crippen MR) is 143 cm³/mol. The summed E-state index contributed by atoms with van der Waals surface area (Å²) in [6.07, 6.45) is 4.20. The molecule has 0 amide bonds. The van der Waals surface area contributed by atoms with Crippen LogP contribution >= 0.6 is 0 Å². The first-order valence-corrected chi connectivity index (χ1v) is 14.2. The van der Waals surface area contributed by atoms with Gasteiger partial charge in [-0.25, -0.2) is 32.3 Å². The van der Waals surface area contributed by atoms with E-state index in [2.05, 4.69) is 14.7 Å². The second-order valence-electron chi connectivity index (χ2n) is 9.43. The summed E-state index contributed by atoms with van der Waals surface area (Å²) >= 11 is 0. The van der Waals surface area contributed by atoms with Crippen LogP contribution in [0.5, 0.6) is 5.75 Å². The number of hydrogen-bond donors (Lipinski definition) is 3. The zero-order chi connectivity index (χ0) is 26.9. The Morgan fingerprint density at radius 1 is 1.16 bits per heavy atom. The molecule has 10 nitrogen and oxygen atoms in total. The Hall–Kier alpha value is -3.54. The van der Waals surface area contributed by atoms with Crippen molar-refractivity contribution in [1.82, 2.24) is 24.1 Å². The summed E-state index contributed by atoms with van der Waals surface area (Å²) in [5.41, 5.74) is 1.84. The van der Waals surface area contributed by atoms with Crippen LogP contribution in [0.1, 0.15) is 61.6 Å². The molecule has 0 bridgehead atoms. The first-order chi connectivity index (χ1) is 18.3. The first kappa shape index (κ1) is 26.1. The Morgan fingerprint density at radius 3 is 2.58 bits per heavy atom. The van der Waals surface area contributed by atoms with Crippen molar-refractivity contribution in [1.29, 1.82) is 0 Å². The topological polar surface area (TPSA) is 139 Å². The molecule has 2 aromatic carbocycles. The van der Waals surface area contributed by atoms with Gasteiger partial charge in [0.2, 0.25) is 10.0 Å². The molecular formula is C27H31N5O5S. The van der Waals surface area contributed by atoms with Gasteiger partial charge in [0.25, 0.3) is 0 Å². The van der Waals surface area contributed by atoms with Gasteiger partial charge in [-0.05, 0) is 50.5 Å². The number of nitrogens with zero attached hydrogens (tertiary/aromatic N) is 3. The van der Waals surface area contributed by atoms with E-state index in [4.69, 9.17) is 9.72 Å². The SMILES string of the molecule is CCOc1ccc(S(=O)(=O)NC(CO)c2ccccc2)cc1-c1nc2c(C3CCCC3)nc(C)n2c(=O)[nH]1. The molecule has 0 saturated heterocycles. The van der Waals surface area contributed by atoms with Gasteiger partial charge in [0.15, 0.2) is 5.65 Å². The van der Waals surface area contributed by atoms with Crippen LogP contribution in [0.25, 0.3) is 17.0 Å². The number of nitrogens with one attached hydrogen (secondary N) is 2. The third-order valence-electron chi connectivity index (χ3n) is 6.93. The molecular weight excluding hydrogens is 506 g/mol. The van der Waals surface area contributed by atoms with Gasteiger partial charge in [0.05, 0.1) is 35.4 Å². The van der Waals surface area contributed by atoms with E-state index in [1.54, 1.807) is 37.3 Å². The number of aromatic nitrogens is 4. The maximum Gasteiger partial charge on any atom is 0.334 e.